The van der Waals surface area contributed by atoms with Crippen molar-refractivity contribution in [3.8, 4) is 55.6 Å². The van der Waals surface area contributed by atoms with Gasteiger partial charge in [0.25, 0.3) is 0 Å². The highest BCUT2D eigenvalue weighted by Crippen LogP contribution is 2.56. The Morgan fingerprint density at radius 2 is 0.742 bits per heavy atom. The average Bonchev–Trinajstić information content (AvgIpc) is 3.69. The zero-order valence-electron chi connectivity index (χ0n) is 35.5. The Kier molecular flexibility index (Phi) is 7.23. The van der Waals surface area contributed by atoms with Crippen molar-refractivity contribution in [3.05, 3.63) is 216 Å². The van der Waals surface area contributed by atoms with Crippen LogP contribution in [0.1, 0.15) is 49.9 Å². The monoisotopic (exact) mass is 788 g/mol. The first-order chi connectivity index (χ1) is 30.3. The zero-order valence-corrected chi connectivity index (χ0v) is 35.5. The van der Waals surface area contributed by atoms with E-state index in [0.717, 1.165) is 0 Å². The fourth-order valence-corrected chi connectivity index (χ4v) is 11.9. The van der Waals surface area contributed by atoms with Gasteiger partial charge in [0.2, 0.25) is 0 Å². The molecule has 2 aliphatic carbocycles. The molecule has 0 saturated carbocycles. The summed E-state index contributed by atoms with van der Waals surface area (Å²) >= 11 is 0. The first-order valence-corrected chi connectivity index (χ1v) is 22.1. The summed E-state index contributed by atoms with van der Waals surface area (Å²) < 4.78 is 0. The van der Waals surface area contributed by atoms with E-state index in [9.17, 15) is 0 Å². The van der Waals surface area contributed by atoms with Gasteiger partial charge in [0, 0.05) is 10.8 Å². The first kappa shape index (κ1) is 35.5. The maximum atomic E-state index is 2.50. The van der Waals surface area contributed by atoms with E-state index in [4.69, 9.17) is 0 Å². The summed E-state index contributed by atoms with van der Waals surface area (Å²) in [6, 6.07) is 73.3. The van der Waals surface area contributed by atoms with Crippen molar-refractivity contribution >= 4 is 53.9 Å². The van der Waals surface area contributed by atoms with E-state index in [1.807, 2.05) is 0 Å². The molecule has 2 aliphatic rings. The molecule has 292 valence electrons. The van der Waals surface area contributed by atoms with Gasteiger partial charge in [-0.3, -0.25) is 0 Å². The Morgan fingerprint density at radius 3 is 1.44 bits per heavy atom. The lowest BCUT2D eigenvalue weighted by Gasteiger charge is -2.24. The second kappa shape index (κ2) is 12.6. The van der Waals surface area contributed by atoms with Crippen LogP contribution >= 0.6 is 0 Å². The largest absolute Gasteiger partial charge is 0.0619 e. The van der Waals surface area contributed by atoms with Gasteiger partial charge in [-0.25, -0.2) is 0 Å². The predicted octanol–water partition coefficient (Wildman–Crippen LogP) is 17.1. The van der Waals surface area contributed by atoms with Gasteiger partial charge in [0.15, 0.2) is 0 Å². The van der Waals surface area contributed by atoms with E-state index in [2.05, 4.69) is 222 Å². The number of benzene rings is 11. The standard InChI is InChI=1S/C62H44/c1-61(2)55-35-39(38-29-33-51-53(34-38)42-19-7-8-20-46(42)59-52-25-13-14-27-54(52)62(3,4)60(51)59)28-31-43(55)44-32-30-40(36-56(44)61)57-47-21-9-11-23-49(47)58(50-24-12-10-22-48(50)57)45-26-15-17-37-16-5-6-18-41(37)45/h5-36H,1-4H3. The number of fused-ring (bicyclic) bond motifs is 14. The molecule has 0 nitrogen and oxygen atoms in total. The highest BCUT2D eigenvalue weighted by Gasteiger charge is 2.39. The minimum Gasteiger partial charge on any atom is -0.0619 e. The molecule has 0 bridgehead atoms. The molecule has 11 aromatic carbocycles. The first-order valence-electron chi connectivity index (χ1n) is 22.1. The second-order valence-electron chi connectivity index (χ2n) is 18.7. The van der Waals surface area contributed by atoms with Gasteiger partial charge >= 0.3 is 0 Å². The molecular weight excluding hydrogens is 745 g/mol. The van der Waals surface area contributed by atoms with E-state index in [1.165, 1.54) is 132 Å². The lowest BCUT2D eigenvalue weighted by Crippen LogP contribution is -2.15. The van der Waals surface area contributed by atoms with Crippen LogP contribution in [-0.4, -0.2) is 0 Å². The molecule has 0 unspecified atom stereocenters. The molecule has 0 radical (unpaired) electrons. The Morgan fingerprint density at radius 1 is 0.258 bits per heavy atom. The van der Waals surface area contributed by atoms with Gasteiger partial charge in [0.05, 0.1) is 0 Å². The van der Waals surface area contributed by atoms with E-state index < -0.39 is 0 Å². The van der Waals surface area contributed by atoms with Crippen LogP contribution in [0.4, 0.5) is 0 Å². The normalized spacial score (nSPS) is 14.4. The van der Waals surface area contributed by atoms with Gasteiger partial charge in [-0.2, -0.15) is 0 Å². The maximum Gasteiger partial charge on any atom is 0.0165 e. The molecule has 0 N–H and O–H groups in total. The zero-order chi connectivity index (χ0) is 41.5. The third kappa shape index (κ3) is 4.73. The van der Waals surface area contributed by atoms with Crippen LogP contribution in [0.15, 0.2) is 194 Å². The third-order valence-electron chi connectivity index (χ3n) is 14.8. The van der Waals surface area contributed by atoms with Crippen LogP contribution in [0.5, 0.6) is 0 Å². The number of hydrogen-bond donors (Lipinski definition) is 0. The summed E-state index contributed by atoms with van der Waals surface area (Å²) in [6.45, 7) is 9.64. The van der Waals surface area contributed by atoms with Crippen molar-refractivity contribution < 1.29 is 0 Å². The van der Waals surface area contributed by atoms with E-state index >= 15 is 0 Å². The van der Waals surface area contributed by atoms with Gasteiger partial charge < -0.3 is 0 Å². The average molecular weight is 789 g/mol. The molecule has 0 aromatic heterocycles. The Bertz CT molecular complexity index is 3680. The van der Waals surface area contributed by atoms with Crippen LogP contribution in [0.2, 0.25) is 0 Å². The minimum atomic E-state index is -0.189. The highest BCUT2D eigenvalue weighted by molar-refractivity contribution is 6.24. The molecule has 62 heavy (non-hydrogen) atoms. The SMILES string of the molecule is CC1(C)c2cc(-c3ccc4c5c(c6ccccc6c4c3)-c3ccccc3C5(C)C)ccc2-c2ccc(-c3c4ccccc4c(-c4cccc5ccccc45)c4ccccc34)cc21. The van der Waals surface area contributed by atoms with Crippen molar-refractivity contribution in [2.45, 2.75) is 38.5 Å². The maximum absolute atomic E-state index is 2.50. The minimum absolute atomic E-state index is 0.0879. The summed E-state index contributed by atoms with van der Waals surface area (Å²) in [5.41, 5.74) is 18.5. The molecule has 0 heteroatoms. The van der Waals surface area contributed by atoms with Gasteiger partial charge in [-0.1, -0.05) is 204 Å². The quantitative estimate of drug-likeness (QED) is 0.124. The number of hydrogen-bond acceptors (Lipinski definition) is 0. The van der Waals surface area contributed by atoms with Crippen molar-refractivity contribution in [2.75, 3.05) is 0 Å². The summed E-state index contributed by atoms with van der Waals surface area (Å²) in [5, 5.41) is 13.0. The van der Waals surface area contributed by atoms with E-state index in [-0.39, 0.29) is 10.8 Å². The molecular formula is C62H44. The third-order valence-corrected chi connectivity index (χ3v) is 14.8. The Labute approximate surface area is 362 Å². The summed E-state index contributed by atoms with van der Waals surface area (Å²) in [5.74, 6) is 0. The van der Waals surface area contributed by atoms with Crippen molar-refractivity contribution in [2.24, 2.45) is 0 Å². The van der Waals surface area contributed by atoms with Gasteiger partial charge in [0.1, 0.15) is 0 Å². The molecule has 0 atom stereocenters. The van der Waals surface area contributed by atoms with E-state index in [0.29, 0.717) is 0 Å². The predicted molar refractivity (Wildman–Crippen MR) is 265 cm³/mol. The lowest BCUT2D eigenvalue weighted by atomic mass is 9.78. The molecule has 0 spiro atoms. The van der Waals surface area contributed by atoms with Crippen LogP contribution in [0.25, 0.3) is 109 Å². The van der Waals surface area contributed by atoms with Crippen LogP contribution < -0.4 is 0 Å². The van der Waals surface area contributed by atoms with Crippen molar-refractivity contribution in [1.82, 2.24) is 0 Å². The van der Waals surface area contributed by atoms with E-state index in [1.54, 1.807) is 0 Å². The van der Waals surface area contributed by atoms with Crippen LogP contribution in [-0.2, 0) is 10.8 Å². The molecule has 13 rings (SSSR count). The molecule has 0 fully saturated rings. The summed E-state index contributed by atoms with van der Waals surface area (Å²) in [6.07, 6.45) is 0. The molecule has 0 aliphatic heterocycles. The van der Waals surface area contributed by atoms with Gasteiger partial charge in [-0.05, 0) is 150 Å². The molecule has 0 amide bonds. The number of rotatable bonds is 3. The van der Waals surface area contributed by atoms with Crippen LogP contribution in [0.3, 0.4) is 0 Å². The van der Waals surface area contributed by atoms with Crippen LogP contribution in [0, 0.1) is 0 Å². The fraction of sp³-hybridized carbons (Fsp3) is 0.0968. The highest BCUT2D eigenvalue weighted by atomic mass is 14.4. The topological polar surface area (TPSA) is 0 Å². The fourth-order valence-electron chi connectivity index (χ4n) is 11.9. The summed E-state index contributed by atoms with van der Waals surface area (Å²) in [7, 11) is 0. The van der Waals surface area contributed by atoms with Gasteiger partial charge in [-0.15, -0.1) is 0 Å². The van der Waals surface area contributed by atoms with Crippen molar-refractivity contribution in [1.29, 1.82) is 0 Å². The Balaban J connectivity index is 0.955. The lowest BCUT2D eigenvalue weighted by molar-refractivity contribution is 0.661. The second-order valence-corrected chi connectivity index (χ2v) is 18.7. The molecule has 11 aromatic rings. The van der Waals surface area contributed by atoms with Crippen molar-refractivity contribution in [3.63, 3.8) is 0 Å². The molecule has 0 heterocycles. The smallest absolute Gasteiger partial charge is 0.0165 e. The summed E-state index contributed by atoms with van der Waals surface area (Å²) in [4.78, 5) is 0. The molecule has 0 saturated heterocycles. The Hall–Kier alpha value is -7.28.